The van der Waals surface area contributed by atoms with Crippen LogP contribution in [0.1, 0.15) is 40.2 Å². The molecular formula is C20H28Cl2N2O5. The average Bonchev–Trinajstić information content (AvgIpc) is 3.05. The van der Waals surface area contributed by atoms with Crippen molar-refractivity contribution in [3.63, 3.8) is 0 Å². The van der Waals surface area contributed by atoms with E-state index in [4.69, 9.17) is 37.4 Å². The highest BCUT2D eigenvalue weighted by molar-refractivity contribution is 6.35. The number of nitrogens with one attached hydrogen (secondary N) is 2. The molecule has 1 saturated heterocycles. The molecule has 9 heteroatoms. The molecule has 29 heavy (non-hydrogen) atoms. The third-order valence-electron chi connectivity index (χ3n) is 4.21. The molecule has 0 aromatic heterocycles. The quantitative estimate of drug-likeness (QED) is 0.692. The van der Waals surface area contributed by atoms with Crippen LogP contribution in [0.5, 0.6) is 0 Å². The summed E-state index contributed by atoms with van der Waals surface area (Å²) in [5.74, 6) is -1.76. The van der Waals surface area contributed by atoms with Gasteiger partial charge in [-0.05, 0) is 38.8 Å². The number of hydrogen-bond donors (Lipinski definition) is 2. The molecular weight excluding hydrogens is 419 g/mol. The van der Waals surface area contributed by atoms with E-state index < -0.39 is 23.5 Å². The van der Waals surface area contributed by atoms with Crippen LogP contribution < -0.4 is 10.6 Å². The van der Waals surface area contributed by atoms with Gasteiger partial charge in [-0.15, -0.1) is 0 Å². The fourth-order valence-electron chi connectivity index (χ4n) is 2.89. The predicted octanol–water partition coefficient (Wildman–Crippen LogP) is 3.86. The van der Waals surface area contributed by atoms with Crippen molar-refractivity contribution in [2.45, 2.75) is 52.0 Å². The van der Waals surface area contributed by atoms with E-state index in [1.165, 1.54) is 0 Å². The molecule has 2 rings (SSSR count). The van der Waals surface area contributed by atoms with Gasteiger partial charge in [0.25, 0.3) is 0 Å². The average molecular weight is 447 g/mol. The van der Waals surface area contributed by atoms with Crippen molar-refractivity contribution in [1.29, 1.82) is 0 Å². The lowest BCUT2D eigenvalue weighted by Gasteiger charge is -2.30. The minimum Gasteiger partial charge on any atom is -0.444 e. The number of carbonyl (C=O) groups is 2. The van der Waals surface area contributed by atoms with Gasteiger partial charge >= 0.3 is 6.09 Å². The van der Waals surface area contributed by atoms with E-state index in [1.54, 1.807) is 39.0 Å². The minimum absolute atomic E-state index is 0.0202. The highest BCUT2D eigenvalue weighted by Crippen LogP contribution is 2.36. The molecule has 0 spiro atoms. The standard InChI is InChI=1S/C20H28Cl2N2O5/c1-12(2)16(24-18(26)29-19(3,4)5)17(25)23-11-20(27-8-9-28-20)14-7-6-13(21)10-15(14)22/h6-7,10,12,16H,8-9,11H2,1-5H3,(H,23,25)(H,24,26). The second kappa shape index (κ2) is 9.51. The van der Waals surface area contributed by atoms with E-state index in [9.17, 15) is 9.59 Å². The molecule has 1 aromatic rings. The van der Waals surface area contributed by atoms with E-state index in [0.717, 1.165) is 0 Å². The first-order valence-corrected chi connectivity index (χ1v) is 10.2. The van der Waals surface area contributed by atoms with Gasteiger partial charge in [0.2, 0.25) is 11.7 Å². The van der Waals surface area contributed by atoms with Gasteiger partial charge in [-0.2, -0.15) is 0 Å². The van der Waals surface area contributed by atoms with Crippen LogP contribution in [0.2, 0.25) is 10.0 Å². The Balaban J connectivity index is 2.11. The molecule has 1 fully saturated rings. The van der Waals surface area contributed by atoms with Gasteiger partial charge in [0.05, 0.1) is 24.8 Å². The molecule has 0 radical (unpaired) electrons. The monoisotopic (exact) mass is 446 g/mol. The Bertz CT molecular complexity index is 743. The Labute approximate surface area is 181 Å². The van der Waals surface area contributed by atoms with Crippen LogP contribution >= 0.6 is 23.2 Å². The maximum Gasteiger partial charge on any atom is 0.408 e. The van der Waals surface area contributed by atoms with Gasteiger partial charge in [-0.25, -0.2) is 4.79 Å². The van der Waals surface area contributed by atoms with Gasteiger partial charge in [-0.3, -0.25) is 4.79 Å². The number of carbonyl (C=O) groups excluding carboxylic acids is 2. The zero-order valence-corrected chi connectivity index (χ0v) is 18.8. The second-order valence-electron chi connectivity index (χ2n) is 8.16. The van der Waals surface area contributed by atoms with Gasteiger partial charge in [-0.1, -0.05) is 43.1 Å². The molecule has 1 aliphatic heterocycles. The molecule has 162 valence electrons. The van der Waals surface area contributed by atoms with Crippen molar-refractivity contribution in [1.82, 2.24) is 10.6 Å². The lowest BCUT2D eigenvalue weighted by atomic mass is 10.0. The number of halogens is 2. The fraction of sp³-hybridized carbons (Fsp3) is 0.600. The minimum atomic E-state index is -1.22. The zero-order chi connectivity index (χ0) is 21.8. The van der Waals surface area contributed by atoms with Crippen LogP contribution in [0.3, 0.4) is 0 Å². The Morgan fingerprint density at radius 3 is 2.34 bits per heavy atom. The highest BCUT2D eigenvalue weighted by atomic mass is 35.5. The topological polar surface area (TPSA) is 85.9 Å². The summed E-state index contributed by atoms with van der Waals surface area (Å²) < 4.78 is 16.9. The molecule has 7 nitrogen and oxygen atoms in total. The normalized spacial score (nSPS) is 17.1. The van der Waals surface area contributed by atoms with Crippen LogP contribution in [-0.4, -0.2) is 43.4 Å². The van der Waals surface area contributed by atoms with Crippen molar-refractivity contribution >= 4 is 35.2 Å². The highest BCUT2D eigenvalue weighted by Gasteiger charge is 2.41. The molecule has 2 N–H and O–H groups in total. The maximum absolute atomic E-state index is 12.8. The van der Waals surface area contributed by atoms with Crippen molar-refractivity contribution in [3.8, 4) is 0 Å². The van der Waals surface area contributed by atoms with Crippen LogP contribution in [0.25, 0.3) is 0 Å². The maximum atomic E-state index is 12.8. The van der Waals surface area contributed by atoms with Crippen LogP contribution in [0, 0.1) is 5.92 Å². The summed E-state index contributed by atoms with van der Waals surface area (Å²) in [4.78, 5) is 24.9. The van der Waals surface area contributed by atoms with E-state index in [2.05, 4.69) is 10.6 Å². The number of amides is 2. The Morgan fingerprint density at radius 1 is 1.21 bits per heavy atom. The number of rotatable bonds is 6. The molecule has 1 unspecified atom stereocenters. The van der Waals surface area contributed by atoms with E-state index in [-0.39, 0.29) is 18.4 Å². The molecule has 0 saturated carbocycles. The summed E-state index contributed by atoms with van der Waals surface area (Å²) in [6.07, 6.45) is -0.657. The van der Waals surface area contributed by atoms with Gasteiger partial charge in [0.15, 0.2) is 0 Å². The van der Waals surface area contributed by atoms with E-state index in [1.807, 2.05) is 13.8 Å². The number of benzene rings is 1. The van der Waals surface area contributed by atoms with Crippen molar-refractivity contribution < 1.29 is 23.8 Å². The lowest BCUT2D eigenvalue weighted by Crippen LogP contribution is -2.53. The number of hydrogen-bond acceptors (Lipinski definition) is 5. The third kappa shape index (κ3) is 6.47. The van der Waals surface area contributed by atoms with Crippen molar-refractivity contribution in [3.05, 3.63) is 33.8 Å². The fourth-order valence-corrected chi connectivity index (χ4v) is 3.44. The summed E-state index contributed by atoms with van der Waals surface area (Å²) in [5, 5.41) is 6.29. The second-order valence-corrected chi connectivity index (χ2v) is 9.00. The summed E-state index contributed by atoms with van der Waals surface area (Å²) in [7, 11) is 0. The van der Waals surface area contributed by atoms with E-state index in [0.29, 0.717) is 28.8 Å². The third-order valence-corrected chi connectivity index (χ3v) is 4.76. The molecule has 0 aliphatic carbocycles. The Kier molecular flexibility index (Phi) is 7.79. The molecule has 1 aliphatic rings. The number of ether oxygens (including phenoxy) is 3. The summed E-state index contributed by atoms with van der Waals surface area (Å²) in [6.45, 7) is 9.66. The summed E-state index contributed by atoms with van der Waals surface area (Å²) >= 11 is 12.3. The SMILES string of the molecule is CC(C)C(NC(=O)OC(C)(C)C)C(=O)NCC1(c2ccc(Cl)cc2Cl)OCCO1. The van der Waals surface area contributed by atoms with Gasteiger partial charge in [0.1, 0.15) is 11.6 Å². The Hall–Kier alpha value is -1.54. The van der Waals surface area contributed by atoms with Crippen molar-refractivity contribution in [2.24, 2.45) is 5.92 Å². The molecule has 1 atom stereocenters. The van der Waals surface area contributed by atoms with Crippen molar-refractivity contribution in [2.75, 3.05) is 19.8 Å². The van der Waals surface area contributed by atoms with Crippen LogP contribution in [-0.2, 0) is 24.8 Å². The first-order valence-electron chi connectivity index (χ1n) is 9.44. The summed E-state index contributed by atoms with van der Waals surface area (Å²) in [6, 6.07) is 4.19. The summed E-state index contributed by atoms with van der Waals surface area (Å²) in [5.41, 5.74) is -0.0919. The van der Waals surface area contributed by atoms with Crippen LogP contribution in [0.15, 0.2) is 18.2 Å². The largest absolute Gasteiger partial charge is 0.444 e. The molecule has 0 bridgehead atoms. The molecule has 1 heterocycles. The Morgan fingerprint density at radius 2 is 1.83 bits per heavy atom. The van der Waals surface area contributed by atoms with E-state index >= 15 is 0 Å². The molecule has 1 aromatic carbocycles. The zero-order valence-electron chi connectivity index (χ0n) is 17.3. The first kappa shape index (κ1) is 23.7. The first-order chi connectivity index (χ1) is 13.4. The smallest absolute Gasteiger partial charge is 0.408 e. The predicted molar refractivity (Wildman–Crippen MR) is 111 cm³/mol. The van der Waals surface area contributed by atoms with Crippen LogP contribution in [0.4, 0.5) is 4.79 Å². The van der Waals surface area contributed by atoms with Gasteiger partial charge in [0, 0.05) is 10.6 Å². The lowest BCUT2D eigenvalue weighted by molar-refractivity contribution is -0.165. The number of alkyl carbamates (subject to hydrolysis) is 1. The molecule has 2 amide bonds. The van der Waals surface area contributed by atoms with Gasteiger partial charge < -0.3 is 24.8 Å².